The number of hydrogen-bond donors (Lipinski definition) is 1. The molecular weight excluding hydrogens is 302 g/mol. The molecule has 1 N–H and O–H groups in total. The summed E-state index contributed by atoms with van der Waals surface area (Å²) in [5, 5.41) is 4.95. The molecule has 2 aromatic heterocycles. The number of aromatic nitrogens is 2. The number of aryl methyl sites for hydroxylation is 2. The van der Waals surface area contributed by atoms with Crippen LogP contribution in [0.4, 0.5) is 5.82 Å². The highest BCUT2D eigenvalue weighted by Gasteiger charge is 2.21. The third-order valence-electron chi connectivity index (χ3n) is 4.67. The fraction of sp³-hybridized carbons (Fsp3) is 0.368. The highest BCUT2D eigenvalue weighted by atomic mass is 32.1. The molecule has 1 unspecified atom stereocenters. The number of benzene rings is 1. The van der Waals surface area contributed by atoms with Crippen molar-refractivity contribution in [3.63, 3.8) is 0 Å². The average Bonchev–Trinajstić information content (AvgIpc) is 2.99. The Labute approximate surface area is 140 Å². The third kappa shape index (κ3) is 2.72. The van der Waals surface area contributed by atoms with Gasteiger partial charge in [0.05, 0.1) is 11.4 Å². The SMILES string of the molecule is CCC(Nc1ncnc2sc3c(c12)CCCC3)c1ccccc1. The molecular formula is C19H21N3S. The average molecular weight is 323 g/mol. The Morgan fingerprint density at radius 2 is 1.96 bits per heavy atom. The Balaban J connectivity index is 1.75. The molecule has 4 rings (SSSR count). The summed E-state index contributed by atoms with van der Waals surface area (Å²) >= 11 is 1.85. The van der Waals surface area contributed by atoms with Crippen molar-refractivity contribution < 1.29 is 0 Å². The first-order valence-electron chi connectivity index (χ1n) is 8.43. The first kappa shape index (κ1) is 14.6. The van der Waals surface area contributed by atoms with Crippen molar-refractivity contribution in [2.75, 3.05) is 5.32 Å². The van der Waals surface area contributed by atoms with E-state index in [2.05, 4.69) is 52.5 Å². The van der Waals surface area contributed by atoms with Crippen molar-refractivity contribution in [1.82, 2.24) is 9.97 Å². The number of nitrogens with zero attached hydrogens (tertiary/aromatic N) is 2. The molecule has 0 aliphatic heterocycles. The van der Waals surface area contributed by atoms with Crippen LogP contribution in [0.2, 0.25) is 0 Å². The standard InChI is InChI=1S/C19H21N3S/c1-2-15(13-8-4-3-5-9-13)22-18-17-14-10-6-7-11-16(14)23-19(17)21-12-20-18/h3-5,8-9,12,15H,2,6-7,10-11H2,1H3,(H,20,21,22). The van der Waals surface area contributed by atoms with Crippen LogP contribution >= 0.6 is 11.3 Å². The molecule has 1 aliphatic carbocycles. The molecule has 23 heavy (non-hydrogen) atoms. The van der Waals surface area contributed by atoms with E-state index in [1.807, 2.05) is 11.3 Å². The third-order valence-corrected chi connectivity index (χ3v) is 5.87. The van der Waals surface area contributed by atoms with Gasteiger partial charge < -0.3 is 5.32 Å². The van der Waals surface area contributed by atoms with Crippen molar-refractivity contribution >= 4 is 27.4 Å². The Kier molecular flexibility index (Phi) is 4.00. The highest BCUT2D eigenvalue weighted by molar-refractivity contribution is 7.19. The van der Waals surface area contributed by atoms with Crippen molar-refractivity contribution in [2.24, 2.45) is 0 Å². The van der Waals surface area contributed by atoms with Crippen LogP contribution in [0, 0.1) is 0 Å². The smallest absolute Gasteiger partial charge is 0.138 e. The Hall–Kier alpha value is -1.94. The van der Waals surface area contributed by atoms with Gasteiger partial charge in [-0.2, -0.15) is 0 Å². The Bertz CT molecular complexity index is 810. The number of hydrogen-bond acceptors (Lipinski definition) is 4. The van der Waals surface area contributed by atoms with Gasteiger partial charge in [-0.3, -0.25) is 0 Å². The van der Waals surface area contributed by atoms with Crippen LogP contribution in [0.25, 0.3) is 10.2 Å². The fourth-order valence-corrected chi connectivity index (χ4v) is 4.70. The van der Waals surface area contributed by atoms with Crippen LogP contribution in [0.1, 0.15) is 48.2 Å². The van der Waals surface area contributed by atoms with Gasteiger partial charge in [-0.1, -0.05) is 37.3 Å². The second-order valence-corrected chi connectivity index (χ2v) is 7.21. The summed E-state index contributed by atoms with van der Waals surface area (Å²) in [7, 11) is 0. The first-order chi connectivity index (χ1) is 11.4. The van der Waals surface area contributed by atoms with Crippen molar-refractivity contribution in [2.45, 2.75) is 45.1 Å². The monoisotopic (exact) mass is 323 g/mol. The minimum absolute atomic E-state index is 0.286. The summed E-state index contributed by atoms with van der Waals surface area (Å²) < 4.78 is 0. The molecule has 1 atom stereocenters. The fourth-order valence-electron chi connectivity index (χ4n) is 3.47. The Morgan fingerprint density at radius 1 is 1.13 bits per heavy atom. The van der Waals surface area contributed by atoms with E-state index in [1.165, 1.54) is 47.1 Å². The van der Waals surface area contributed by atoms with Crippen LogP contribution < -0.4 is 5.32 Å². The van der Waals surface area contributed by atoms with E-state index in [0.29, 0.717) is 0 Å². The van der Waals surface area contributed by atoms with Gasteiger partial charge in [-0.05, 0) is 43.2 Å². The predicted octanol–water partition coefficient (Wildman–Crippen LogP) is 5.13. The van der Waals surface area contributed by atoms with Crippen LogP contribution in [0.3, 0.4) is 0 Å². The number of anilines is 1. The van der Waals surface area contributed by atoms with E-state index in [0.717, 1.165) is 17.1 Å². The van der Waals surface area contributed by atoms with E-state index in [1.54, 1.807) is 6.33 Å². The number of fused-ring (bicyclic) bond motifs is 3. The minimum atomic E-state index is 0.286. The topological polar surface area (TPSA) is 37.8 Å². The van der Waals surface area contributed by atoms with E-state index in [-0.39, 0.29) is 6.04 Å². The molecule has 1 aliphatic rings. The van der Waals surface area contributed by atoms with E-state index in [4.69, 9.17) is 0 Å². The number of nitrogens with one attached hydrogen (secondary N) is 1. The summed E-state index contributed by atoms with van der Waals surface area (Å²) in [6.45, 7) is 2.21. The molecule has 1 aromatic carbocycles. The molecule has 3 nitrogen and oxygen atoms in total. The lowest BCUT2D eigenvalue weighted by Gasteiger charge is -2.19. The normalized spacial score (nSPS) is 15.3. The largest absolute Gasteiger partial charge is 0.363 e. The Morgan fingerprint density at radius 3 is 2.78 bits per heavy atom. The lowest BCUT2D eigenvalue weighted by atomic mass is 9.96. The van der Waals surface area contributed by atoms with Crippen LogP contribution in [0.5, 0.6) is 0 Å². The zero-order valence-electron chi connectivity index (χ0n) is 13.4. The summed E-state index contributed by atoms with van der Waals surface area (Å²) in [6, 6.07) is 10.9. The zero-order valence-corrected chi connectivity index (χ0v) is 14.2. The van der Waals surface area contributed by atoms with Crippen molar-refractivity contribution in [1.29, 1.82) is 0 Å². The lowest BCUT2D eigenvalue weighted by molar-refractivity contribution is 0.699. The molecule has 0 fully saturated rings. The predicted molar refractivity (Wildman–Crippen MR) is 97.2 cm³/mol. The zero-order chi connectivity index (χ0) is 15.6. The van der Waals surface area contributed by atoms with Crippen molar-refractivity contribution in [3.8, 4) is 0 Å². The number of thiophene rings is 1. The molecule has 0 radical (unpaired) electrons. The lowest BCUT2D eigenvalue weighted by Crippen LogP contribution is -2.11. The van der Waals surface area contributed by atoms with Gasteiger partial charge >= 0.3 is 0 Å². The quantitative estimate of drug-likeness (QED) is 0.723. The van der Waals surface area contributed by atoms with Crippen LogP contribution in [-0.2, 0) is 12.8 Å². The van der Waals surface area contributed by atoms with E-state index >= 15 is 0 Å². The van der Waals surface area contributed by atoms with Gasteiger partial charge in [0.15, 0.2) is 0 Å². The number of rotatable bonds is 4. The summed E-state index contributed by atoms with van der Waals surface area (Å²) in [6.07, 6.45) is 7.68. The molecule has 3 aromatic rings. The van der Waals surface area contributed by atoms with Gasteiger partial charge in [0, 0.05) is 4.88 Å². The van der Waals surface area contributed by atoms with Gasteiger partial charge in [0.2, 0.25) is 0 Å². The van der Waals surface area contributed by atoms with E-state index in [9.17, 15) is 0 Å². The molecule has 0 spiro atoms. The molecule has 0 saturated carbocycles. The summed E-state index contributed by atoms with van der Waals surface area (Å²) in [4.78, 5) is 11.8. The van der Waals surface area contributed by atoms with E-state index < -0.39 is 0 Å². The molecule has 118 valence electrons. The molecule has 0 amide bonds. The highest BCUT2D eigenvalue weighted by Crippen LogP contribution is 2.39. The molecule has 0 bridgehead atoms. The molecule has 4 heteroatoms. The minimum Gasteiger partial charge on any atom is -0.363 e. The van der Waals surface area contributed by atoms with Gasteiger partial charge in [-0.25, -0.2) is 9.97 Å². The maximum absolute atomic E-state index is 4.58. The first-order valence-corrected chi connectivity index (χ1v) is 9.25. The van der Waals surface area contributed by atoms with Gasteiger partial charge in [0.1, 0.15) is 17.0 Å². The van der Waals surface area contributed by atoms with Crippen LogP contribution in [-0.4, -0.2) is 9.97 Å². The van der Waals surface area contributed by atoms with Crippen LogP contribution in [0.15, 0.2) is 36.7 Å². The maximum Gasteiger partial charge on any atom is 0.138 e. The second kappa shape index (κ2) is 6.28. The van der Waals surface area contributed by atoms with Gasteiger partial charge in [0.25, 0.3) is 0 Å². The van der Waals surface area contributed by atoms with Crippen molar-refractivity contribution in [3.05, 3.63) is 52.7 Å². The molecule has 2 heterocycles. The maximum atomic E-state index is 4.58. The second-order valence-electron chi connectivity index (χ2n) is 6.13. The molecule has 0 saturated heterocycles. The summed E-state index contributed by atoms with van der Waals surface area (Å²) in [5.41, 5.74) is 2.80. The van der Waals surface area contributed by atoms with Gasteiger partial charge in [-0.15, -0.1) is 11.3 Å². The summed E-state index contributed by atoms with van der Waals surface area (Å²) in [5.74, 6) is 1.00.